The van der Waals surface area contributed by atoms with Crippen LogP contribution in [0.15, 0.2) is 36.4 Å². The Labute approximate surface area is 171 Å². The number of rotatable bonds is 5. The minimum absolute atomic E-state index is 0.0360. The zero-order valence-corrected chi connectivity index (χ0v) is 16.3. The fourth-order valence-electron chi connectivity index (χ4n) is 2.97. The molecule has 4 rings (SSSR count). The summed E-state index contributed by atoms with van der Waals surface area (Å²) in [6, 6.07) is 10.2. The van der Waals surface area contributed by atoms with E-state index in [-0.39, 0.29) is 29.4 Å². The Morgan fingerprint density at radius 1 is 1.14 bits per heavy atom. The molecular weight excluding hydrogens is 402 g/mol. The Balaban J connectivity index is 1.29. The van der Waals surface area contributed by atoms with Gasteiger partial charge in [-0.25, -0.2) is 4.79 Å². The minimum atomic E-state index is -0.682. The molecule has 0 bridgehead atoms. The van der Waals surface area contributed by atoms with Crippen molar-refractivity contribution in [3.63, 3.8) is 0 Å². The van der Waals surface area contributed by atoms with E-state index in [0.29, 0.717) is 36.1 Å². The van der Waals surface area contributed by atoms with Gasteiger partial charge in [0.25, 0.3) is 5.91 Å². The number of halogens is 1. The van der Waals surface area contributed by atoms with Gasteiger partial charge in [-0.2, -0.15) is 0 Å². The zero-order chi connectivity index (χ0) is 20.4. The van der Waals surface area contributed by atoms with Crippen LogP contribution in [0.3, 0.4) is 0 Å². The van der Waals surface area contributed by atoms with Crippen LogP contribution in [0.4, 0.5) is 0 Å². The van der Waals surface area contributed by atoms with Gasteiger partial charge in [-0.1, -0.05) is 23.7 Å². The molecule has 0 N–H and O–H groups in total. The van der Waals surface area contributed by atoms with E-state index in [1.54, 1.807) is 7.05 Å². The lowest BCUT2D eigenvalue weighted by atomic mass is 10.2. The van der Waals surface area contributed by atoms with Crippen molar-refractivity contribution in [2.45, 2.75) is 6.10 Å². The molecule has 29 heavy (non-hydrogen) atoms. The number of carbonyl (C=O) groups is 2. The average molecular weight is 420 g/mol. The van der Waals surface area contributed by atoms with Crippen LogP contribution in [0, 0.1) is 0 Å². The van der Waals surface area contributed by atoms with Crippen molar-refractivity contribution in [1.82, 2.24) is 4.90 Å². The lowest BCUT2D eigenvalue weighted by Crippen LogP contribution is -2.43. The molecular formula is C20H18ClNO7. The van der Waals surface area contributed by atoms with Crippen LogP contribution in [0.2, 0.25) is 5.02 Å². The van der Waals surface area contributed by atoms with Crippen LogP contribution in [0.1, 0.15) is 10.4 Å². The third-order valence-electron chi connectivity index (χ3n) is 4.46. The molecule has 1 unspecified atom stereocenters. The van der Waals surface area contributed by atoms with Crippen LogP contribution in [0.25, 0.3) is 0 Å². The van der Waals surface area contributed by atoms with Gasteiger partial charge < -0.3 is 28.6 Å². The second-order valence-electron chi connectivity index (χ2n) is 6.54. The maximum atomic E-state index is 12.3. The molecule has 0 spiro atoms. The van der Waals surface area contributed by atoms with Gasteiger partial charge in [-0.3, -0.25) is 4.79 Å². The van der Waals surface area contributed by atoms with Crippen molar-refractivity contribution in [3.05, 3.63) is 47.0 Å². The second kappa shape index (κ2) is 8.08. The van der Waals surface area contributed by atoms with Crippen LogP contribution in [-0.2, 0) is 9.53 Å². The molecule has 2 aliphatic rings. The molecule has 0 fully saturated rings. The first-order chi connectivity index (χ1) is 14.0. The Hall–Kier alpha value is -3.13. The van der Waals surface area contributed by atoms with Crippen LogP contribution in [0.5, 0.6) is 23.0 Å². The Kier molecular flexibility index (Phi) is 5.35. The van der Waals surface area contributed by atoms with Crippen LogP contribution in [-0.4, -0.2) is 56.5 Å². The van der Waals surface area contributed by atoms with Gasteiger partial charge in [0.15, 0.2) is 35.7 Å². The van der Waals surface area contributed by atoms with Crippen molar-refractivity contribution in [1.29, 1.82) is 0 Å². The highest BCUT2D eigenvalue weighted by Gasteiger charge is 2.25. The number of esters is 1. The van der Waals surface area contributed by atoms with Gasteiger partial charge in [0, 0.05) is 7.05 Å². The van der Waals surface area contributed by atoms with Crippen molar-refractivity contribution >= 4 is 23.5 Å². The predicted molar refractivity (Wildman–Crippen MR) is 102 cm³/mol. The number of carbonyl (C=O) groups excluding carboxylic acids is 2. The smallest absolute Gasteiger partial charge is 0.338 e. The zero-order valence-electron chi connectivity index (χ0n) is 15.6. The van der Waals surface area contributed by atoms with Gasteiger partial charge in [0.05, 0.1) is 17.1 Å². The number of para-hydroxylation sites is 2. The van der Waals surface area contributed by atoms with E-state index < -0.39 is 12.6 Å². The molecule has 2 aromatic rings. The second-order valence-corrected chi connectivity index (χ2v) is 6.95. The van der Waals surface area contributed by atoms with Gasteiger partial charge in [0.2, 0.25) is 6.79 Å². The summed E-state index contributed by atoms with van der Waals surface area (Å²) in [6.07, 6.45) is -0.317. The number of hydrogen-bond acceptors (Lipinski definition) is 7. The van der Waals surface area contributed by atoms with E-state index in [4.69, 9.17) is 35.3 Å². The monoisotopic (exact) mass is 419 g/mol. The summed E-state index contributed by atoms with van der Waals surface area (Å²) in [5.41, 5.74) is 0.176. The minimum Gasteiger partial charge on any atom is -0.486 e. The molecule has 0 aliphatic carbocycles. The number of likely N-dealkylation sites (N-methyl/N-ethyl adjacent to an activating group) is 1. The number of nitrogens with zero attached hydrogens (tertiary/aromatic N) is 1. The lowest BCUT2D eigenvalue weighted by molar-refractivity contribution is -0.134. The molecule has 0 aromatic heterocycles. The number of ether oxygens (including phenoxy) is 5. The average Bonchev–Trinajstić information content (AvgIpc) is 3.21. The van der Waals surface area contributed by atoms with Crippen molar-refractivity contribution in [2.24, 2.45) is 0 Å². The summed E-state index contributed by atoms with van der Waals surface area (Å²) in [4.78, 5) is 26.0. The summed E-state index contributed by atoms with van der Waals surface area (Å²) in [5, 5.41) is 0.241. The van der Waals surface area contributed by atoms with Crippen molar-refractivity contribution in [2.75, 3.05) is 33.6 Å². The van der Waals surface area contributed by atoms with E-state index in [1.165, 1.54) is 17.0 Å². The van der Waals surface area contributed by atoms with Gasteiger partial charge in [-0.05, 0) is 24.3 Å². The summed E-state index contributed by atoms with van der Waals surface area (Å²) in [6.45, 7) is 0.241. The summed E-state index contributed by atoms with van der Waals surface area (Å²) < 4.78 is 27.0. The molecule has 0 radical (unpaired) electrons. The number of fused-ring (bicyclic) bond motifs is 2. The number of hydrogen-bond donors (Lipinski definition) is 0. The fraction of sp³-hybridized carbons (Fsp3) is 0.300. The Bertz CT molecular complexity index is 948. The standard InChI is InChI=1S/C20H18ClNO7/c1-22(8-13-9-25-15-4-2-3-5-16(15)29-13)18(23)10-26-20(24)12-6-14(21)19-17(7-12)27-11-28-19/h2-7,13H,8-11H2,1H3. The van der Waals surface area contributed by atoms with Gasteiger partial charge in [0.1, 0.15) is 6.61 Å². The first kappa shape index (κ1) is 19.2. The highest BCUT2D eigenvalue weighted by Crippen LogP contribution is 2.39. The number of benzene rings is 2. The summed E-state index contributed by atoms with van der Waals surface area (Å²) in [5.74, 6) is 1.01. The molecule has 0 saturated heterocycles. The summed E-state index contributed by atoms with van der Waals surface area (Å²) in [7, 11) is 1.61. The lowest BCUT2D eigenvalue weighted by Gasteiger charge is -2.29. The van der Waals surface area contributed by atoms with E-state index in [1.807, 2.05) is 24.3 Å². The highest BCUT2D eigenvalue weighted by atomic mass is 35.5. The van der Waals surface area contributed by atoms with Crippen molar-refractivity contribution in [3.8, 4) is 23.0 Å². The quantitative estimate of drug-likeness (QED) is 0.688. The molecule has 1 amide bonds. The predicted octanol–water partition coefficient (Wildman–Crippen LogP) is 2.52. The maximum absolute atomic E-state index is 12.3. The first-order valence-corrected chi connectivity index (χ1v) is 9.28. The topological polar surface area (TPSA) is 83.5 Å². The highest BCUT2D eigenvalue weighted by molar-refractivity contribution is 6.32. The first-order valence-electron chi connectivity index (χ1n) is 8.90. The van der Waals surface area contributed by atoms with Gasteiger partial charge in [-0.15, -0.1) is 0 Å². The van der Waals surface area contributed by atoms with E-state index >= 15 is 0 Å². The van der Waals surface area contributed by atoms with Crippen molar-refractivity contribution < 1.29 is 33.3 Å². The molecule has 2 heterocycles. The Morgan fingerprint density at radius 2 is 1.93 bits per heavy atom. The SMILES string of the molecule is CN(CC1COc2ccccc2O1)C(=O)COC(=O)c1cc(Cl)c2c(c1)OCO2. The number of amides is 1. The normalized spacial score (nSPS) is 16.3. The third kappa shape index (κ3) is 4.17. The molecule has 9 heteroatoms. The van der Waals surface area contributed by atoms with Gasteiger partial charge >= 0.3 is 5.97 Å². The maximum Gasteiger partial charge on any atom is 0.338 e. The molecule has 0 saturated carbocycles. The van der Waals surface area contributed by atoms with E-state index in [2.05, 4.69) is 0 Å². The van der Waals surface area contributed by atoms with Crippen LogP contribution >= 0.6 is 11.6 Å². The molecule has 152 valence electrons. The summed E-state index contributed by atoms with van der Waals surface area (Å²) >= 11 is 6.06. The van der Waals surface area contributed by atoms with E-state index in [9.17, 15) is 9.59 Å². The van der Waals surface area contributed by atoms with Crippen LogP contribution < -0.4 is 18.9 Å². The molecule has 2 aliphatic heterocycles. The molecule has 8 nitrogen and oxygen atoms in total. The largest absolute Gasteiger partial charge is 0.486 e. The van der Waals surface area contributed by atoms with E-state index in [0.717, 1.165) is 0 Å². The Morgan fingerprint density at radius 3 is 2.76 bits per heavy atom. The fourth-order valence-corrected chi connectivity index (χ4v) is 3.23. The molecule has 2 aromatic carbocycles. The third-order valence-corrected chi connectivity index (χ3v) is 4.74. The molecule has 1 atom stereocenters.